The normalized spacial score (nSPS) is 11.0. The minimum absolute atomic E-state index is 0.486. The van der Waals surface area contributed by atoms with E-state index in [9.17, 15) is 0 Å². The molecule has 0 N–H and O–H groups in total. The minimum atomic E-state index is 0.486. The van der Waals surface area contributed by atoms with Crippen LogP contribution in [-0.2, 0) is 17.0 Å². The highest BCUT2D eigenvalue weighted by atomic mass is 32.2. The van der Waals surface area contributed by atoms with Gasteiger partial charge in [0.15, 0.2) is 5.16 Å². The Balaban J connectivity index is 1.59. The molecule has 1 aromatic carbocycles. The Hall–Kier alpha value is -2.39. The molecule has 0 aliphatic carbocycles. The van der Waals surface area contributed by atoms with Gasteiger partial charge in [-0.15, -0.1) is 20.4 Å². The summed E-state index contributed by atoms with van der Waals surface area (Å²) in [5, 5.41) is 17.1. The molecule has 3 aromatic rings. The highest BCUT2D eigenvalue weighted by Gasteiger charge is 2.11. The molecule has 0 amide bonds. The average Bonchev–Trinajstić information content (AvgIpc) is 3.29. The van der Waals surface area contributed by atoms with Crippen molar-refractivity contribution in [3.05, 3.63) is 36.5 Å². The third kappa shape index (κ3) is 4.58. The smallest absolute Gasteiger partial charge is 0.247 e. The monoisotopic (exact) mass is 361 g/mol. The largest absolute Gasteiger partial charge is 0.497 e. The van der Waals surface area contributed by atoms with Gasteiger partial charge < -0.3 is 18.5 Å². The fourth-order valence-corrected chi connectivity index (χ4v) is 2.96. The molecule has 8 nitrogen and oxygen atoms in total. The summed E-state index contributed by atoms with van der Waals surface area (Å²) in [4.78, 5) is 0. The Labute approximate surface area is 149 Å². The lowest BCUT2D eigenvalue weighted by atomic mass is 10.2. The van der Waals surface area contributed by atoms with Crippen LogP contribution in [0.2, 0.25) is 0 Å². The van der Waals surface area contributed by atoms with Crippen molar-refractivity contribution in [1.29, 1.82) is 0 Å². The molecule has 9 heteroatoms. The highest BCUT2D eigenvalue weighted by molar-refractivity contribution is 7.98. The maximum atomic E-state index is 5.72. The first-order valence-corrected chi connectivity index (χ1v) is 8.75. The molecule has 0 atom stereocenters. The summed E-state index contributed by atoms with van der Waals surface area (Å²) >= 11 is 1.51. The number of aryl methyl sites for hydroxylation is 1. The Morgan fingerprint density at radius 1 is 1.12 bits per heavy atom. The molecular weight excluding hydrogens is 342 g/mol. The summed E-state index contributed by atoms with van der Waals surface area (Å²) in [5.41, 5.74) is 0.854. The molecule has 0 fully saturated rings. The van der Waals surface area contributed by atoms with Crippen LogP contribution in [0.5, 0.6) is 5.75 Å². The van der Waals surface area contributed by atoms with E-state index >= 15 is 0 Å². The summed E-state index contributed by atoms with van der Waals surface area (Å²) in [6, 6.07) is 7.48. The molecule has 2 aromatic heterocycles. The van der Waals surface area contributed by atoms with E-state index in [0.717, 1.165) is 29.4 Å². The summed E-state index contributed by atoms with van der Waals surface area (Å²) in [7, 11) is 3.32. The summed E-state index contributed by atoms with van der Waals surface area (Å²) < 4.78 is 17.9. The van der Waals surface area contributed by atoms with Crippen LogP contribution in [-0.4, -0.2) is 45.8 Å². The second kappa shape index (κ2) is 8.63. The molecule has 0 saturated heterocycles. The maximum absolute atomic E-state index is 5.72. The first-order chi connectivity index (χ1) is 12.3. The molecule has 0 aliphatic rings. The topological polar surface area (TPSA) is 88.1 Å². The quantitative estimate of drug-likeness (QED) is 0.424. The average molecular weight is 361 g/mol. The molecule has 0 spiro atoms. The molecular formula is C16H19N5O3S. The van der Waals surface area contributed by atoms with Crippen molar-refractivity contribution in [1.82, 2.24) is 25.0 Å². The Morgan fingerprint density at radius 2 is 1.96 bits per heavy atom. The van der Waals surface area contributed by atoms with Gasteiger partial charge in [0, 0.05) is 25.8 Å². The molecule has 3 rings (SSSR count). The third-order valence-electron chi connectivity index (χ3n) is 3.46. The van der Waals surface area contributed by atoms with Gasteiger partial charge in [0.05, 0.1) is 12.9 Å². The molecule has 0 radical (unpaired) electrons. The molecule has 25 heavy (non-hydrogen) atoms. The van der Waals surface area contributed by atoms with E-state index in [4.69, 9.17) is 13.9 Å². The van der Waals surface area contributed by atoms with Crippen LogP contribution < -0.4 is 4.74 Å². The predicted molar refractivity (Wildman–Crippen MR) is 92.4 cm³/mol. The lowest BCUT2D eigenvalue weighted by molar-refractivity contribution is 0.189. The van der Waals surface area contributed by atoms with Crippen molar-refractivity contribution >= 4 is 11.8 Å². The second-order valence-electron chi connectivity index (χ2n) is 5.17. The van der Waals surface area contributed by atoms with E-state index in [1.54, 1.807) is 20.5 Å². The molecule has 0 unspecified atom stereocenters. The van der Waals surface area contributed by atoms with Crippen LogP contribution >= 0.6 is 11.8 Å². The van der Waals surface area contributed by atoms with Gasteiger partial charge in [0.1, 0.15) is 12.1 Å². The van der Waals surface area contributed by atoms with Crippen LogP contribution in [0.25, 0.3) is 11.5 Å². The Kier molecular flexibility index (Phi) is 6.02. The third-order valence-corrected chi connectivity index (χ3v) is 4.42. The Morgan fingerprint density at radius 3 is 2.72 bits per heavy atom. The van der Waals surface area contributed by atoms with Crippen molar-refractivity contribution in [3.8, 4) is 17.2 Å². The van der Waals surface area contributed by atoms with Gasteiger partial charge in [-0.1, -0.05) is 11.8 Å². The Bertz CT molecular complexity index is 787. The first kappa shape index (κ1) is 17.4. The lowest BCUT2D eigenvalue weighted by Gasteiger charge is -2.04. The number of aromatic nitrogens is 5. The van der Waals surface area contributed by atoms with Crippen molar-refractivity contribution in [2.75, 3.05) is 20.8 Å². The lowest BCUT2D eigenvalue weighted by Crippen LogP contribution is -2.02. The minimum Gasteiger partial charge on any atom is -0.497 e. The van der Waals surface area contributed by atoms with Crippen LogP contribution in [0.4, 0.5) is 0 Å². The van der Waals surface area contributed by atoms with Gasteiger partial charge in [-0.05, 0) is 30.7 Å². The standard InChI is InChI=1S/C16H19N5O3S/c1-22-9-3-8-21-11-17-20-16(21)25-10-14-18-19-15(24-14)12-4-6-13(23-2)7-5-12/h4-7,11H,3,8-10H2,1-2H3. The number of thioether (sulfide) groups is 1. The number of ether oxygens (including phenoxy) is 2. The van der Waals surface area contributed by atoms with Gasteiger partial charge >= 0.3 is 0 Å². The maximum Gasteiger partial charge on any atom is 0.247 e. The van der Waals surface area contributed by atoms with Crippen LogP contribution in [0.15, 0.2) is 40.2 Å². The van der Waals surface area contributed by atoms with Crippen molar-refractivity contribution in [2.24, 2.45) is 0 Å². The fourth-order valence-electron chi connectivity index (χ4n) is 2.18. The molecule has 0 bridgehead atoms. The predicted octanol–water partition coefficient (Wildman–Crippen LogP) is 2.67. The fraction of sp³-hybridized carbons (Fsp3) is 0.375. The summed E-state index contributed by atoms with van der Waals surface area (Å²) in [6.45, 7) is 1.52. The molecule has 0 aliphatic heterocycles. The molecule has 0 saturated carbocycles. The number of hydrogen-bond donors (Lipinski definition) is 0. The zero-order chi connectivity index (χ0) is 17.5. The van der Waals surface area contributed by atoms with E-state index in [1.165, 1.54) is 11.8 Å². The van der Waals surface area contributed by atoms with Crippen LogP contribution in [0, 0.1) is 0 Å². The first-order valence-electron chi connectivity index (χ1n) is 7.76. The molecule has 2 heterocycles. The van der Waals surface area contributed by atoms with Crippen LogP contribution in [0.3, 0.4) is 0 Å². The van der Waals surface area contributed by atoms with E-state index in [0.29, 0.717) is 24.1 Å². The zero-order valence-corrected chi connectivity index (χ0v) is 14.9. The van der Waals surface area contributed by atoms with E-state index in [-0.39, 0.29) is 0 Å². The van der Waals surface area contributed by atoms with Gasteiger partial charge in [0.2, 0.25) is 11.8 Å². The van der Waals surface area contributed by atoms with Crippen molar-refractivity contribution < 1.29 is 13.9 Å². The summed E-state index contributed by atoms with van der Waals surface area (Å²) in [5.74, 6) is 2.35. The van der Waals surface area contributed by atoms with E-state index in [2.05, 4.69) is 20.4 Å². The number of hydrogen-bond acceptors (Lipinski definition) is 8. The van der Waals surface area contributed by atoms with Gasteiger partial charge in [0.25, 0.3) is 0 Å². The van der Waals surface area contributed by atoms with Crippen LogP contribution in [0.1, 0.15) is 12.3 Å². The molecule has 132 valence electrons. The highest BCUT2D eigenvalue weighted by Crippen LogP contribution is 2.24. The van der Waals surface area contributed by atoms with E-state index < -0.39 is 0 Å². The van der Waals surface area contributed by atoms with Gasteiger partial charge in [-0.25, -0.2) is 0 Å². The SMILES string of the molecule is COCCCn1cnnc1SCc1nnc(-c2ccc(OC)cc2)o1. The van der Waals surface area contributed by atoms with E-state index in [1.807, 2.05) is 28.8 Å². The van der Waals surface area contributed by atoms with Gasteiger partial charge in [-0.3, -0.25) is 0 Å². The number of benzene rings is 1. The number of methoxy groups -OCH3 is 2. The van der Waals surface area contributed by atoms with Gasteiger partial charge in [-0.2, -0.15) is 0 Å². The number of nitrogens with zero attached hydrogens (tertiary/aromatic N) is 5. The second-order valence-corrected chi connectivity index (χ2v) is 6.11. The van der Waals surface area contributed by atoms with Crippen molar-refractivity contribution in [3.63, 3.8) is 0 Å². The zero-order valence-electron chi connectivity index (χ0n) is 14.1. The number of rotatable bonds is 9. The van der Waals surface area contributed by atoms with Crippen molar-refractivity contribution in [2.45, 2.75) is 23.9 Å². The summed E-state index contributed by atoms with van der Waals surface area (Å²) in [6.07, 6.45) is 2.62.